The summed E-state index contributed by atoms with van der Waals surface area (Å²) in [5.41, 5.74) is 3.17. The van der Waals surface area contributed by atoms with Crippen molar-refractivity contribution >= 4 is 0 Å². The fraction of sp³-hybridized carbons (Fsp3) is 1.00. The third kappa shape index (κ3) is 0.459. The Morgan fingerprint density at radius 2 is 2.29 bits per heavy atom. The summed E-state index contributed by atoms with van der Waals surface area (Å²) in [6.07, 6.45) is 0. The molecule has 0 amide bonds. The second kappa shape index (κ2) is 0.992. The number of nitrogens with one attached hydrogen (secondary N) is 2. The molecule has 2 aliphatic rings. The molecule has 0 aromatic carbocycles. The first-order valence-electron chi connectivity index (χ1n) is 2.51. The molecular formula is C4H8N2O. The monoisotopic (exact) mass is 100 g/mol. The lowest BCUT2D eigenvalue weighted by Gasteiger charge is -1.91. The summed E-state index contributed by atoms with van der Waals surface area (Å²) < 4.78 is 0. The predicted molar refractivity (Wildman–Crippen MR) is 24.7 cm³/mol. The Hall–Kier alpha value is -0.120. The quantitative estimate of drug-likeness (QED) is 0.378. The SMILES string of the molecule is C1NOCC12CN2. The topological polar surface area (TPSA) is 43.2 Å². The van der Waals surface area contributed by atoms with Gasteiger partial charge in [-0.15, -0.1) is 0 Å². The Morgan fingerprint density at radius 3 is 2.57 bits per heavy atom. The highest BCUT2D eigenvalue weighted by atomic mass is 16.7. The van der Waals surface area contributed by atoms with E-state index >= 15 is 0 Å². The van der Waals surface area contributed by atoms with Crippen molar-refractivity contribution in [2.75, 3.05) is 19.7 Å². The average Bonchev–Trinajstić information content (AvgIpc) is 2.15. The molecule has 3 nitrogen and oxygen atoms in total. The zero-order chi connectivity index (χ0) is 4.74. The minimum absolute atomic E-state index is 0.361. The molecule has 2 saturated heterocycles. The highest BCUT2D eigenvalue weighted by Crippen LogP contribution is 2.18. The summed E-state index contributed by atoms with van der Waals surface area (Å²) in [5, 5.41) is 3.22. The third-order valence-electron chi connectivity index (χ3n) is 1.54. The molecule has 2 rings (SSSR count). The van der Waals surface area contributed by atoms with Gasteiger partial charge in [-0.3, -0.25) is 4.84 Å². The lowest BCUT2D eigenvalue weighted by atomic mass is 10.2. The number of rotatable bonds is 0. The van der Waals surface area contributed by atoms with Crippen LogP contribution in [0.25, 0.3) is 0 Å². The van der Waals surface area contributed by atoms with Crippen molar-refractivity contribution in [2.24, 2.45) is 0 Å². The van der Waals surface area contributed by atoms with Gasteiger partial charge in [0.1, 0.15) is 0 Å². The van der Waals surface area contributed by atoms with Crippen LogP contribution in [-0.4, -0.2) is 25.2 Å². The van der Waals surface area contributed by atoms with E-state index in [2.05, 4.69) is 10.8 Å². The van der Waals surface area contributed by atoms with E-state index in [0.29, 0.717) is 5.54 Å². The van der Waals surface area contributed by atoms with Gasteiger partial charge in [0.2, 0.25) is 0 Å². The summed E-state index contributed by atoms with van der Waals surface area (Å²) in [6.45, 7) is 2.94. The van der Waals surface area contributed by atoms with Gasteiger partial charge < -0.3 is 5.32 Å². The first-order valence-corrected chi connectivity index (χ1v) is 2.51. The van der Waals surface area contributed by atoms with Crippen molar-refractivity contribution < 1.29 is 4.84 Å². The van der Waals surface area contributed by atoms with Crippen LogP contribution in [0.4, 0.5) is 0 Å². The smallest absolute Gasteiger partial charge is 0.0889 e. The van der Waals surface area contributed by atoms with Gasteiger partial charge in [0.25, 0.3) is 0 Å². The second-order valence-electron chi connectivity index (χ2n) is 2.24. The molecule has 1 unspecified atom stereocenters. The zero-order valence-electron chi connectivity index (χ0n) is 4.03. The van der Waals surface area contributed by atoms with E-state index in [1.54, 1.807) is 0 Å². The highest BCUT2D eigenvalue weighted by molar-refractivity contribution is 5.06. The second-order valence-corrected chi connectivity index (χ2v) is 2.24. The van der Waals surface area contributed by atoms with Crippen LogP contribution in [0.15, 0.2) is 0 Å². The van der Waals surface area contributed by atoms with Gasteiger partial charge >= 0.3 is 0 Å². The van der Waals surface area contributed by atoms with E-state index in [9.17, 15) is 0 Å². The van der Waals surface area contributed by atoms with Crippen LogP contribution in [0.3, 0.4) is 0 Å². The van der Waals surface area contributed by atoms with Crippen LogP contribution in [0, 0.1) is 0 Å². The molecule has 2 fully saturated rings. The van der Waals surface area contributed by atoms with E-state index < -0.39 is 0 Å². The van der Waals surface area contributed by atoms with Crippen molar-refractivity contribution in [2.45, 2.75) is 5.54 Å². The molecule has 40 valence electrons. The lowest BCUT2D eigenvalue weighted by Crippen LogP contribution is -2.20. The normalized spacial score (nSPS) is 48.0. The van der Waals surface area contributed by atoms with Crippen molar-refractivity contribution in [1.29, 1.82) is 0 Å². The summed E-state index contributed by atoms with van der Waals surface area (Å²) in [5.74, 6) is 0. The Morgan fingerprint density at radius 1 is 1.43 bits per heavy atom. The Bertz CT molecular complexity index is 81.7. The van der Waals surface area contributed by atoms with Crippen molar-refractivity contribution in [3.8, 4) is 0 Å². The van der Waals surface area contributed by atoms with E-state index in [4.69, 9.17) is 4.84 Å². The molecule has 2 heterocycles. The minimum Gasteiger partial charge on any atom is -0.305 e. The van der Waals surface area contributed by atoms with E-state index in [0.717, 1.165) is 19.7 Å². The fourth-order valence-corrected chi connectivity index (χ4v) is 0.781. The molecule has 0 bridgehead atoms. The molecular weight excluding hydrogens is 92.1 g/mol. The summed E-state index contributed by atoms with van der Waals surface area (Å²) in [4.78, 5) is 4.91. The van der Waals surface area contributed by atoms with E-state index in [-0.39, 0.29) is 0 Å². The molecule has 2 aliphatic heterocycles. The van der Waals surface area contributed by atoms with Crippen LogP contribution in [0.1, 0.15) is 0 Å². The fourth-order valence-electron chi connectivity index (χ4n) is 0.781. The first kappa shape index (κ1) is 3.83. The van der Waals surface area contributed by atoms with Crippen LogP contribution in [-0.2, 0) is 4.84 Å². The minimum atomic E-state index is 0.361. The Kier molecular flexibility index (Phi) is 0.543. The molecule has 0 saturated carbocycles. The molecule has 3 heteroatoms. The standard InChI is InChI=1S/C4H8N2O/c1-4(5-1)2-6-7-3-4/h5-6H,1-3H2. The summed E-state index contributed by atoms with van der Waals surface area (Å²) in [6, 6.07) is 0. The highest BCUT2D eigenvalue weighted by Gasteiger charge is 2.45. The molecule has 0 aromatic rings. The van der Waals surface area contributed by atoms with Gasteiger partial charge in [-0.1, -0.05) is 0 Å². The molecule has 2 N–H and O–H groups in total. The van der Waals surface area contributed by atoms with E-state index in [1.807, 2.05) is 0 Å². The largest absolute Gasteiger partial charge is 0.305 e. The zero-order valence-corrected chi connectivity index (χ0v) is 4.03. The van der Waals surface area contributed by atoms with Gasteiger partial charge in [-0.05, 0) is 0 Å². The summed E-state index contributed by atoms with van der Waals surface area (Å²) in [7, 11) is 0. The molecule has 1 spiro atoms. The predicted octanol–water partition coefficient (Wildman–Crippen LogP) is -1.14. The Labute approximate surface area is 42.0 Å². The maximum Gasteiger partial charge on any atom is 0.0889 e. The number of hydrogen-bond acceptors (Lipinski definition) is 3. The molecule has 7 heavy (non-hydrogen) atoms. The van der Waals surface area contributed by atoms with Gasteiger partial charge in [-0.2, -0.15) is 0 Å². The average molecular weight is 100 g/mol. The number of hydroxylamine groups is 1. The number of hydrogen-bond donors (Lipinski definition) is 2. The molecule has 0 radical (unpaired) electrons. The van der Waals surface area contributed by atoms with Gasteiger partial charge in [0, 0.05) is 13.1 Å². The maximum absolute atomic E-state index is 4.91. The van der Waals surface area contributed by atoms with Crippen LogP contribution in [0.5, 0.6) is 0 Å². The van der Waals surface area contributed by atoms with Crippen molar-refractivity contribution in [3.05, 3.63) is 0 Å². The third-order valence-corrected chi connectivity index (χ3v) is 1.54. The van der Waals surface area contributed by atoms with Crippen molar-refractivity contribution in [1.82, 2.24) is 10.8 Å². The van der Waals surface area contributed by atoms with Crippen LogP contribution >= 0.6 is 0 Å². The lowest BCUT2D eigenvalue weighted by molar-refractivity contribution is 0.0994. The van der Waals surface area contributed by atoms with Crippen LogP contribution in [0.2, 0.25) is 0 Å². The van der Waals surface area contributed by atoms with Crippen LogP contribution < -0.4 is 10.8 Å². The summed E-state index contributed by atoms with van der Waals surface area (Å²) >= 11 is 0. The maximum atomic E-state index is 4.91. The molecule has 0 aromatic heterocycles. The van der Waals surface area contributed by atoms with Gasteiger partial charge in [0.15, 0.2) is 0 Å². The first-order chi connectivity index (χ1) is 3.41. The Balaban J connectivity index is 2.07. The molecule has 0 aliphatic carbocycles. The van der Waals surface area contributed by atoms with Crippen molar-refractivity contribution in [3.63, 3.8) is 0 Å². The van der Waals surface area contributed by atoms with Gasteiger partial charge in [0.05, 0.1) is 12.1 Å². The van der Waals surface area contributed by atoms with Gasteiger partial charge in [-0.25, -0.2) is 5.48 Å². The van der Waals surface area contributed by atoms with E-state index in [1.165, 1.54) is 0 Å². The molecule has 1 atom stereocenters.